The predicted octanol–water partition coefficient (Wildman–Crippen LogP) is 5.47. The average molecular weight is 585 g/mol. The number of aliphatic carboxylic acids is 1. The standard InChI is InChI=1S/C28H27Cl2FN6O3/c1-17(28-22(29)13-32-14-23(28)30)40-20-4-5-25-21(10-20)26(35-34-25)11-24(31)18-2-3-19(33-12-18)15-36-6-8-37(9-7-36)16-27(38)39/h2-5,10-14,17H,6-9,15-16H2,1H3,(H,34,35)(H,38,39)/b24-11-. The van der Waals surface area contributed by atoms with Crippen LogP contribution in [0.5, 0.6) is 5.75 Å². The Labute approximate surface area is 240 Å². The molecule has 9 nitrogen and oxygen atoms in total. The van der Waals surface area contributed by atoms with Gasteiger partial charge in [-0.1, -0.05) is 23.2 Å². The van der Waals surface area contributed by atoms with E-state index in [1.165, 1.54) is 24.7 Å². The van der Waals surface area contributed by atoms with Crippen molar-refractivity contribution in [1.29, 1.82) is 0 Å². The number of halogens is 3. The molecule has 0 saturated carbocycles. The number of fused-ring (bicyclic) bond motifs is 1. The van der Waals surface area contributed by atoms with Gasteiger partial charge in [-0.2, -0.15) is 5.10 Å². The summed E-state index contributed by atoms with van der Waals surface area (Å²) in [5, 5.41) is 17.7. The number of H-pyrrole nitrogens is 1. The lowest BCUT2D eigenvalue weighted by Gasteiger charge is -2.33. The van der Waals surface area contributed by atoms with Crippen LogP contribution in [-0.4, -0.2) is 73.8 Å². The minimum absolute atomic E-state index is 0.0560. The van der Waals surface area contributed by atoms with Gasteiger partial charge < -0.3 is 9.84 Å². The number of aromatic amines is 1. The van der Waals surface area contributed by atoms with Gasteiger partial charge in [-0.05, 0) is 37.3 Å². The van der Waals surface area contributed by atoms with Crippen LogP contribution in [-0.2, 0) is 11.3 Å². The van der Waals surface area contributed by atoms with E-state index < -0.39 is 17.9 Å². The van der Waals surface area contributed by atoms with Crippen molar-refractivity contribution < 1.29 is 19.0 Å². The van der Waals surface area contributed by atoms with Gasteiger partial charge in [-0.3, -0.25) is 29.7 Å². The van der Waals surface area contributed by atoms with Crippen LogP contribution in [0.15, 0.2) is 48.9 Å². The van der Waals surface area contributed by atoms with Gasteiger partial charge in [-0.25, -0.2) is 4.39 Å². The number of ether oxygens (including phenoxy) is 1. The molecule has 2 N–H and O–H groups in total. The van der Waals surface area contributed by atoms with Gasteiger partial charge in [0.25, 0.3) is 0 Å². The highest BCUT2D eigenvalue weighted by atomic mass is 35.5. The summed E-state index contributed by atoms with van der Waals surface area (Å²) in [7, 11) is 0. The molecule has 4 heterocycles. The highest BCUT2D eigenvalue weighted by molar-refractivity contribution is 6.35. The number of benzene rings is 1. The fourth-order valence-corrected chi connectivity index (χ4v) is 5.33. The van der Waals surface area contributed by atoms with Gasteiger partial charge in [0.05, 0.1) is 33.5 Å². The van der Waals surface area contributed by atoms with Crippen LogP contribution in [0.2, 0.25) is 10.0 Å². The number of aromatic nitrogens is 4. The van der Waals surface area contributed by atoms with E-state index in [0.29, 0.717) is 57.6 Å². The third kappa shape index (κ3) is 6.59. The van der Waals surface area contributed by atoms with E-state index in [9.17, 15) is 4.79 Å². The Morgan fingerprint density at radius 3 is 2.52 bits per heavy atom. The monoisotopic (exact) mass is 584 g/mol. The van der Waals surface area contributed by atoms with Crippen molar-refractivity contribution in [1.82, 2.24) is 30.0 Å². The highest BCUT2D eigenvalue weighted by Crippen LogP contribution is 2.34. The average Bonchev–Trinajstić information content (AvgIpc) is 3.31. The number of carboxylic acids is 1. The molecule has 1 unspecified atom stereocenters. The molecule has 208 valence electrons. The zero-order valence-corrected chi connectivity index (χ0v) is 23.2. The quantitative estimate of drug-likeness (QED) is 0.267. The van der Waals surface area contributed by atoms with Crippen LogP contribution >= 0.6 is 23.2 Å². The molecule has 3 aromatic heterocycles. The Morgan fingerprint density at radius 2 is 1.85 bits per heavy atom. The molecule has 0 bridgehead atoms. The van der Waals surface area contributed by atoms with Gasteiger partial charge in [0.2, 0.25) is 0 Å². The van der Waals surface area contributed by atoms with E-state index in [-0.39, 0.29) is 6.54 Å². The first-order valence-electron chi connectivity index (χ1n) is 12.7. The molecule has 4 aromatic rings. The molecule has 1 atom stereocenters. The molecule has 1 aliphatic heterocycles. The van der Waals surface area contributed by atoms with Gasteiger partial charge >= 0.3 is 5.97 Å². The number of piperazine rings is 1. The summed E-state index contributed by atoms with van der Waals surface area (Å²) >= 11 is 12.5. The molecule has 1 aromatic carbocycles. The minimum atomic E-state index is -0.816. The lowest BCUT2D eigenvalue weighted by atomic mass is 10.1. The van der Waals surface area contributed by atoms with Gasteiger partial charge in [0, 0.05) is 73.9 Å². The van der Waals surface area contributed by atoms with Crippen molar-refractivity contribution in [3.8, 4) is 5.75 Å². The first-order chi connectivity index (χ1) is 19.3. The van der Waals surface area contributed by atoms with Crippen LogP contribution in [0.4, 0.5) is 4.39 Å². The Kier molecular flexibility index (Phi) is 8.60. The van der Waals surface area contributed by atoms with Crippen molar-refractivity contribution in [2.45, 2.75) is 19.6 Å². The lowest BCUT2D eigenvalue weighted by molar-refractivity contribution is -0.138. The summed E-state index contributed by atoms with van der Waals surface area (Å²) in [6, 6.07) is 8.89. The molecule has 1 fully saturated rings. The van der Waals surface area contributed by atoms with Gasteiger partial charge in [0.1, 0.15) is 17.7 Å². The number of pyridine rings is 2. The zero-order chi connectivity index (χ0) is 28.2. The summed E-state index contributed by atoms with van der Waals surface area (Å²) in [6.45, 7) is 5.40. The van der Waals surface area contributed by atoms with Crippen LogP contribution in [0, 0.1) is 0 Å². The molecule has 0 aliphatic carbocycles. The van der Waals surface area contributed by atoms with Crippen molar-refractivity contribution in [2.24, 2.45) is 0 Å². The second-order valence-corrected chi connectivity index (χ2v) is 10.4. The number of hydrogen-bond donors (Lipinski definition) is 2. The number of nitrogens with one attached hydrogen (secondary N) is 1. The van der Waals surface area contributed by atoms with Gasteiger partial charge in [0.15, 0.2) is 0 Å². The molecule has 5 rings (SSSR count). The molecule has 0 radical (unpaired) electrons. The molecule has 1 saturated heterocycles. The Bertz CT molecular complexity index is 1520. The predicted molar refractivity (Wildman–Crippen MR) is 152 cm³/mol. The minimum Gasteiger partial charge on any atom is -0.486 e. The summed E-state index contributed by atoms with van der Waals surface area (Å²) < 4.78 is 21.3. The largest absolute Gasteiger partial charge is 0.486 e. The maximum Gasteiger partial charge on any atom is 0.317 e. The van der Waals surface area contributed by atoms with E-state index in [4.69, 9.17) is 33.0 Å². The van der Waals surface area contributed by atoms with Crippen LogP contribution in [0.1, 0.15) is 35.5 Å². The zero-order valence-electron chi connectivity index (χ0n) is 21.6. The molecular weight excluding hydrogens is 558 g/mol. The number of rotatable bonds is 9. The third-order valence-corrected chi connectivity index (χ3v) is 7.35. The van der Waals surface area contributed by atoms with E-state index >= 15 is 4.39 Å². The maximum atomic E-state index is 15.2. The Balaban J connectivity index is 1.26. The van der Waals surface area contributed by atoms with Gasteiger partial charge in [-0.15, -0.1) is 0 Å². The molecule has 12 heteroatoms. The fraction of sp³-hybridized carbons (Fsp3) is 0.286. The number of nitrogens with zero attached hydrogens (tertiary/aromatic N) is 5. The topological polar surface area (TPSA) is 107 Å². The normalized spacial score (nSPS) is 15.8. The van der Waals surface area contributed by atoms with Crippen LogP contribution in [0.25, 0.3) is 22.8 Å². The second-order valence-electron chi connectivity index (χ2n) is 9.57. The van der Waals surface area contributed by atoms with E-state index in [2.05, 4.69) is 25.1 Å². The van der Waals surface area contributed by atoms with Crippen molar-refractivity contribution >= 4 is 52.0 Å². The third-order valence-electron chi connectivity index (χ3n) is 6.75. The smallest absolute Gasteiger partial charge is 0.317 e. The number of carboxylic acid groups (broad SMARTS) is 1. The SMILES string of the molecule is CC(Oc1ccc2[nH]nc(/C=C(\F)c3ccc(CN4CCN(CC(=O)O)CC4)nc3)c2c1)c1c(Cl)cncc1Cl. The molecule has 1 aliphatic rings. The summed E-state index contributed by atoms with van der Waals surface area (Å²) in [5.74, 6) is -0.733. The van der Waals surface area contributed by atoms with Crippen LogP contribution in [0.3, 0.4) is 0 Å². The van der Waals surface area contributed by atoms with Crippen molar-refractivity contribution in [3.05, 3.63) is 81.5 Å². The first-order valence-corrected chi connectivity index (χ1v) is 13.4. The molecule has 0 amide bonds. The van der Waals surface area contributed by atoms with E-state index in [0.717, 1.165) is 24.3 Å². The summed E-state index contributed by atoms with van der Waals surface area (Å²) in [6.07, 6.45) is 5.46. The molecule has 40 heavy (non-hydrogen) atoms. The summed E-state index contributed by atoms with van der Waals surface area (Å²) in [5.41, 5.74) is 2.95. The maximum absolute atomic E-state index is 15.2. The number of hydrogen-bond acceptors (Lipinski definition) is 7. The highest BCUT2D eigenvalue weighted by Gasteiger charge is 2.20. The Hall–Kier alpha value is -3.57. The molecular formula is C28H27Cl2FN6O3. The first kappa shape index (κ1) is 28.0. The van der Waals surface area contributed by atoms with E-state index in [1.54, 1.807) is 24.3 Å². The Morgan fingerprint density at radius 1 is 1.12 bits per heavy atom. The van der Waals surface area contributed by atoms with E-state index in [1.807, 2.05) is 17.9 Å². The molecule has 0 spiro atoms. The van der Waals surface area contributed by atoms with Crippen molar-refractivity contribution in [2.75, 3.05) is 32.7 Å². The van der Waals surface area contributed by atoms with Crippen LogP contribution < -0.4 is 4.74 Å². The lowest BCUT2D eigenvalue weighted by Crippen LogP contribution is -2.47. The van der Waals surface area contributed by atoms with Crippen molar-refractivity contribution in [3.63, 3.8) is 0 Å². The number of carbonyl (C=O) groups is 1. The fourth-order valence-electron chi connectivity index (χ4n) is 4.66. The summed E-state index contributed by atoms with van der Waals surface area (Å²) in [4.78, 5) is 23.4. The second kappa shape index (κ2) is 12.3.